The maximum Gasteiger partial charge on any atom is 0.276 e. The third-order valence-corrected chi connectivity index (χ3v) is 6.40. The second-order valence-electron chi connectivity index (χ2n) is 7.25. The molecular formula is C21H23BrN4O2S. The highest BCUT2D eigenvalue weighted by atomic mass is 79.9. The van der Waals surface area contributed by atoms with Crippen molar-refractivity contribution in [2.45, 2.75) is 13.8 Å². The molecule has 3 heterocycles. The average molecular weight is 475 g/mol. The van der Waals surface area contributed by atoms with Gasteiger partial charge in [0, 0.05) is 41.7 Å². The fourth-order valence-corrected chi connectivity index (χ4v) is 4.62. The first-order valence-corrected chi connectivity index (χ1v) is 10.7. The van der Waals surface area contributed by atoms with Gasteiger partial charge in [-0.15, -0.1) is 0 Å². The number of halogens is 1. The molecule has 0 unspecified atom stereocenters. The molecular weight excluding hydrogens is 452 g/mol. The van der Waals surface area contributed by atoms with Crippen LogP contribution < -0.4 is 10.2 Å². The van der Waals surface area contributed by atoms with E-state index < -0.39 is 0 Å². The third-order valence-electron chi connectivity index (χ3n) is 5.39. The van der Waals surface area contributed by atoms with Crippen LogP contribution in [0.25, 0.3) is 11.8 Å². The number of hydrogen-bond acceptors (Lipinski definition) is 4. The summed E-state index contributed by atoms with van der Waals surface area (Å²) in [6.45, 7) is 7.44. The Balaban J connectivity index is 1.67. The van der Waals surface area contributed by atoms with Gasteiger partial charge in [-0.1, -0.05) is 0 Å². The molecule has 1 aromatic carbocycles. The highest BCUT2D eigenvalue weighted by Gasteiger charge is 2.27. The van der Waals surface area contributed by atoms with Gasteiger partial charge in [-0.05, 0) is 77.9 Å². The number of rotatable bonds is 3. The number of morpholine rings is 1. The number of benzene rings is 1. The first-order chi connectivity index (χ1) is 13.9. The Bertz CT molecular complexity index is 1020. The summed E-state index contributed by atoms with van der Waals surface area (Å²) in [6.07, 6.45) is 1.87. The molecule has 6 nitrogen and oxygen atoms in total. The minimum absolute atomic E-state index is 0.114. The molecule has 2 saturated heterocycles. The number of nitrogens with zero attached hydrogens (tertiary/aromatic N) is 3. The molecule has 0 atom stereocenters. The number of likely N-dealkylation sites (N-methyl/N-ethyl adjacent to an activating group) is 1. The molecule has 0 radical (unpaired) electrons. The molecule has 0 saturated carbocycles. The van der Waals surface area contributed by atoms with Crippen LogP contribution in [0.3, 0.4) is 0 Å². The maximum absolute atomic E-state index is 12.3. The quantitative estimate of drug-likeness (QED) is 0.545. The number of anilines is 1. The first kappa shape index (κ1) is 20.1. The van der Waals surface area contributed by atoms with Crippen molar-refractivity contribution >= 4 is 50.9 Å². The fourth-order valence-electron chi connectivity index (χ4n) is 3.81. The van der Waals surface area contributed by atoms with Gasteiger partial charge in [-0.3, -0.25) is 9.69 Å². The lowest BCUT2D eigenvalue weighted by molar-refractivity contribution is -0.121. The van der Waals surface area contributed by atoms with Crippen molar-refractivity contribution in [3.8, 4) is 5.69 Å². The summed E-state index contributed by atoms with van der Waals surface area (Å²) >= 11 is 8.91. The zero-order valence-corrected chi connectivity index (χ0v) is 19.1. The number of carbonyl (C=O) groups is 1. The Morgan fingerprint density at radius 3 is 2.55 bits per heavy atom. The van der Waals surface area contributed by atoms with Crippen molar-refractivity contribution in [3.63, 3.8) is 0 Å². The van der Waals surface area contributed by atoms with E-state index in [-0.39, 0.29) is 5.91 Å². The van der Waals surface area contributed by atoms with E-state index in [0.29, 0.717) is 10.8 Å². The normalized spacial score (nSPS) is 18.7. The predicted molar refractivity (Wildman–Crippen MR) is 122 cm³/mol. The van der Waals surface area contributed by atoms with Crippen LogP contribution in [0, 0.1) is 13.8 Å². The van der Waals surface area contributed by atoms with Gasteiger partial charge >= 0.3 is 0 Å². The number of carbonyl (C=O) groups excluding carboxylic acids is 1. The summed E-state index contributed by atoms with van der Waals surface area (Å²) in [6, 6.07) is 8.51. The van der Waals surface area contributed by atoms with Gasteiger partial charge < -0.3 is 19.5 Å². The second kappa shape index (κ2) is 7.93. The van der Waals surface area contributed by atoms with Crippen LogP contribution in [0.15, 0.2) is 34.4 Å². The predicted octanol–water partition coefficient (Wildman–Crippen LogP) is 3.38. The first-order valence-electron chi connectivity index (χ1n) is 9.49. The number of thiocarbonyl (C=S) groups is 1. The van der Waals surface area contributed by atoms with Gasteiger partial charge in [0.25, 0.3) is 5.91 Å². The zero-order chi connectivity index (χ0) is 20.7. The van der Waals surface area contributed by atoms with Crippen molar-refractivity contribution in [3.05, 3.63) is 51.4 Å². The van der Waals surface area contributed by atoms with Gasteiger partial charge in [0.2, 0.25) is 0 Å². The van der Waals surface area contributed by atoms with Crippen LogP contribution in [0.4, 0.5) is 5.69 Å². The van der Waals surface area contributed by atoms with Gasteiger partial charge in [0.05, 0.1) is 18.9 Å². The summed E-state index contributed by atoms with van der Waals surface area (Å²) in [5.41, 5.74) is 5.91. The summed E-state index contributed by atoms with van der Waals surface area (Å²) in [5, 5.41) is 3.42. The summed E-state index contributed by atoms with van der Waals surface area (Å²) in [5.74, 6) is -0.114. The smallest absolute Gasteiger partial charge is 0.276 e. The molecule has 152 valence electrons. The SMILES string of the molecule is Cc1cc(/C=C2\NC(=S)N(C)C2=O)c(C)n1-c1ccc(N2CCOCC2)c(Br)c1. The molecule has 2 aliphatic heterocycles. The van der Waals surface area contributed by atoms with Gasteiger partial charge in [-0.2, -0.15) is 0 Å². The molecule has 1 amide bonds. The molecule has 0 spiro atoms. The Morgan fingerprint density at radius 2 is 1.93 bits per heavy atom. The standard InChI is InChI=1S/C21H23BrN4O2S/c1-13-10-15(11-18-20(27)24(3)21(29)23-18)14(2)26(13)16-4-5-19(17(22)12-16)25-6-8-28-9-7-25/h4-5,10-12H,6-9H2,1-3H3,(H,23,29)/b18-11-. The lowest BCUT2D eigenvalue weighted by Crippen LogP contribution is -2.36. The third kappa shape index (κ3) is 3.72. The van der Waals surface area contributed by atoms with Crippen LogP contribution in [0.1, 0.15) is 17.0 Å². The minimum atomic E-state index is -0.114. The maximum atomic E-state index is 12.3. The highest BCUT2D eigenvalue weighted by molar-refractivity contribution is 9.10. The molecule has 0 aliphatic carbocycles. The van der Waals surface area contributed by atoms with Crippen molar-refractivity contribution in [2.24, 2.45) is 0 Å². The Labute approximate surface area is 184 Å². The van der Waals surface area contributed by atoms with E-state index in [2.05, 4.69) is 68.8 Å². The number of aromatic nitrogens is 1. The van der Waals surface area contributed by atoms with E-state index in [0.717, 1.165) is 53.4 Å². The second-order valence-corrected chi connectivity index (χ2v) is 8.49. The van der Waals surface area contributed by atoms with E-state index in [9.17, 15) is 4.79 Å². The molecule has 0 bridgehead atoms. The summed E-state index contributed by atoms with van der Waals surface area (Å²) < 4.78 is 8.71. The van der Waals surface area contributed by atoms with E-state index >= 15 is 0 Å². The lowest BCUT2D eigenvalue weighted by atomic mass is 10.2. The molecule has 1 aromatic heterocycles. The molecule has 4 rings (SSSR count). The van der Waals surface area contributed by atoms with Gasteiger partial charge in [0.1, 0.15) is 5.70 Å². The average Bonchev–Trinajstić information content (AvgIpc) is 3.12. The lowest BCUT2D eigenvalue weighted by Gasteiger charge is -2.30. The van der Waals surface area contributed by atoms with Crippen LogP contribution in [-0.2, 0) is 9.53 Å². The van der Waals surface area contributed by atoms with Crippen molar-refractivity contribution in [1.82, 2.24) is 14.8 Å². The Morgan fingerprint density at radius 1 is 1.21 bits per heavy atom. The fraction of sp³-hybridized carbons (Fsp3) is 0.333. The van der Waals surface area contributed by atoms with Crippen molar-refractivity contribution < 1.29 is 9.53 Å². The van der Waals surface area contributed by atoms with Gasteiger partial charge in [-0.25, -0.2) is 0 Å². The van der Waals surface area contributed by atoms with Crippen molar-refractivity contribution in [1.29, 1.82) is 0 Å². The largest absolute Gasteiger partial charge is 0.378 e. The zero-order valence-electron chi connectivity index (χ0n) is 16.7. The number of nitrogens with one attached hydrogen (secondary N) is 1. The van der Waals surface area contributed by atoms with Gasteiger partial charge in [0.15, 0.2) is 5.11 Å². The topological polar surface area (TPSA) is 49.7 Å². The number of amides is 1. The van der Waals surface area contributed by atoms with Crippen LogP contribution >= 0.6 is 28.1 Å². The van der Waals surface area contributed by atoms with E-state index in [1.165, 1.54) is 10.6 Å². The van der Waals surface area contributed by atoms with Crippen LogP contribution in [0.5, 0.6) is 0 Å². The number of ether oxygens (including phenoxy) is 1. The molecule has 2 aliphatic rings. The number of aryl methyl sites for hydroxylation is 1. The highest BCUT2D eigenvalue weighted by Crippen LogP contribution is 2.31. The molecule has 29 heavy (non-hydrogen) atoms. The number of hydrogen-bond donors (Lipinski definition) is 1. The van der Waals surface area contributed by atoms with E-state index in [4.69, 9.17) is 17.0 Å². The molecule has 1 N–H and O–H groups in total. The molecule has 2 fully saturated rings. The summed E-state index contributed by atoms with van der Waals surface area (Å²) in [4.78, 5) is 16.1. The monoisotopic (exact) mass is 474 g/mol. The Hall–Kier alpha value is -2.16. The van der Waals surface area contributed by atoms with Crippen LogP contribution in [-0.4, -0.2) is 53.8 Å². The molecule has 2 aromatic rings. The summed E-state index contributed by atoms with van der Waals surface area (Å²) in [7, 11) is 1.68. The van der Waals surface area contributed by atoms with E-state index in [1.54, 1.807) is 7.05 Å². The Kier molecular flexibility index (Phi) is 5.50. The van der Waals surface area contributed by atoms with Crippen molar-refractivity contribution in [2.75, 3.05) is 38.3 Å². The van der Waals surface area contributed by atoms with E-state index in [1.807, 2.05) is 6.08 Å². The van der Waals surface area contributed by atoms with Crippen LogP contribution in [0.2, 0.25) is 0 Å². The molecule has 8 heteroatoms. The minimum Gasteiger partial charge on any atom is -0.378 e.